The maximum absolute atomic E-state index is 11.1. The minimum absolute atomic E-state index is 0.151. The molecule has 1 unspecified atom stereocenters. The molecule has 2 N–H and O–H groups in total. The molecule has 19 heavy (non-hydrogen) atoms. The molecule has 3 rings (SSSR count). The van der Waals surface area contributed by atoms with Crippen LogP contribution in [0.25, 0.3) is 5.65 Å². The molecule has 0 radical (unpaired) electrons. The van der Waals surface area contributed by atoms with Crippen molar-refractivity contribution in [2.24, 2.45) is 5.92 Å². The Balaban J connectivity index is 1.88. The zero-order valence-electron chi connectivity index (χ0n) is 10.5. The maximum atomic E-state index is 11.1. The van der Waals surface area contributed by atoms with Crippen molar-refractivity contribution in [3.63, 3.8) is 0 Å². The first-order valence-corrected chi connectivity index (χ1v) is 6.53. The third kappa shape index (κ3) is 2.44. The number of nitrogens with one attached hydrogen (secondary N) is 1. The van der Waals surface area contributed by atoms with E-state index in [2.05, 4.69) is 15.4 Å². The maximum Gasteiger partial charge on any atom is 0.354 e. The summed E-state index contributed by atoms with van der Waals surface area (Å²) in [4.78, 5) is 15.5. The lowest BCUT2D eigenvalue weighted by molar-refractivity contribution is 0.0687. The summed E-state index contributed by atoms with van der Waals surface area (Å²) in [5.41, 5.74) is 0.747. The van der Waals surface area contributed by atoms with E-state index in [0.717, 1.165) is 25.3 Å². The monoisotopic (exact) mass is 260 g/mol. The highest BCUT2D eigenvalue weighted by Gasteiger charge is 2.17. The van der Waals surface area contributed by atoms with Crippen molar-refractivity contribution in [3.05, 3.63) is 29.7 Å². The molecule has 2 aromatic heterocycles. The topological polar surface area (TPSA) is 79.5 Å². The lowest BCUT2D eigenvalue weighted by atomic mass is 9.96. The molecule has 0 spiro atoms. The van der Waals surface area contributed by atoms with Crippen LogP contribution in [-0.4, -0.2) is 38.8 Å². The first-order chi connectivity index (χ1) is 9.24. The Hall–Kier alpha value is -1.95. The first-order valence-electron chi connectivity index (χ1n) is 6.53. The quantitative estimate of drug-likeness (QED) is 0.859. The van der Waals surface area contributed by atoms with Crippen LogP contribution in [0.3, 0.4) is 0 Å². The zero-order chi connectivity index (χ0) is 13.2. The van der Waals surface area contributed by atoms with Gasteiger partial charge in [-0.2, -0.15) is 5.10 Å². The number of fused-ring (bicyclic) bond motifs is 1. The molecule has 100 valence electrons. The van der Waals surface area contributed by atoms with Crippen LogP contribution in [0.4, 0.5) is 0 Å². The summed E-state index contributed by atoms with van der Waals surface area (Å²) in [6.07, 6.45) is 3.15. The van der Waals surface area contributed by atoms with E-state index >= 15 is 0 Å². The van der Waals surface area contributed by atoms with E-state index in [-0.39, 0.29) is 5.69 Å². The molecule has 6 heteroatoms. The van der Waals surface area contributed by atoms with Crippen LogP contribution < -0.4 is 5.32 Å². The summed E-state index contributed by atoms with van der Waals surface area (Å²) in [7, 11) is 0. The van der Waals surface area contributed by atoms with Gasteiger partial charge in [-0.1, -0.05) is 6.07 Å². The molecule has 0 amide bonds. The summed E-state index contributed by atoms with van der Waals surface area (Å²) < 4.78 is 1.41. The van der Waals surface area contributed by atoms with Gasteiger partial charge in [-0.05, 0) is 44.0 Å². The standard InChI is InChI=1S/C13H16N4O2/c18-13(19)10-4-1-5-12-15-11(16-17(10)12)7-9-3-2-6-14-8-9/h1,4-5,9,14H,2-3,6-8H2,(H,18,19). The fourth-order valence-corrected chi connectivity index (χ4v) is 2.55. The molecule has 1 saturated heterocycles. The van der Waals surface area contributed by atoms with Gasteiger partial charge in [-0.15, -0.1) is 0 Å². The predicted octanol–water partition coefficient (Wildman–Crippen LogP) is 0.970. The third-order valence-corrected chi connectivity index (χ3v) is 3.49. The Labute approximate surface area is 110 Å². The summed E-state index contributed by atoms with van der Waals surface area (Å²) in [5, 5.41) is 16.8. The predicted molar refractivity (Wildman–Crippen MR) is 69.2 cm³/mol. The van der Waals surface area contributed by atoms with Crippen LogP contribution >= 0.6 is 0 Å². The molecule has 3 heterocycles. The van der Waals surface area contributed by atoms with Crippen molar-refractivity contribution in [2.75, 3.05) is 13.1 Å². The number of piperidine rings is 1. The first kappa shape index (κ1) is 12.1. The van der Waals surface area contributed by atoms with Crippen LogP contribution in [0.2, 0.25) is 0 Å². The highest BCUT2D eigenvalue weighted by Crippen LogP contribution is 2.15. The number of aromatic nitrogens is 3. The second-order valence-electron chi connectivity index (χ2n) is 4.93. The highest BCUT2D eigenvalue weighted by atomic mass is 16.4. The molecular weight excluding hydrogens is 244 g/mol. The molecule has 1 aliphatic rings. The molecule has 0 aromatic carbocycles. The lowest BCUT2D eigenvalue weighted by Crippen LogP contribution is -2.31. The summed E-state index contributed by atoms with van der Waals surface area (Å²) >= 11 is 0. The average Bonchev–Trinajstić information content (AvgIpc) is 2.81. The molecule has 0 saturated carbocycles. The van der Waals surface area contributed by atoms with Gasteiger partial charge in [0.2, 0.25) is 0 Å². The number of hydrogen-bond acceptors (Lipinski definition) is 4. The van der Waals surface area contributed by atoms with E-state index < -0.39 is 5.97 Å². The molecule has 6 nitrogen and oxygen atoms in total. The normalized spacial score (nSPS) is 19.7. The van der Waals surface area contributed by atoms with Gasteiger partial charge >= 0.3 is 5.97 Å². The van der Waals surface area contributed by atoms with Gasteiger partial charge in [-0.25, -0.2) is 14.3 Å². The average molecular weight is 260 g/mol. The van der Waals surface area contributed by atoms with Crippen molar-refractivity contribution in [1.29, 1.82) is 0 Å². The number of aromatic carboxylic acids is 1. The summed E-state index contributed by atoms with van der Waals surface area (Å²) in [6, 6.07) is 5.01. The number of carbonyl (C=O) groups is 1. The zero-order valence-corrected chi connectivity index (χ0v) is 10.5. The van der Waals surface area contributed by atoms with Crippen LogP contribution in [0.5, 0.6) is 0 Å². The van der Waals surface area contributed by atoms with Gasteiger partial charge in [0.25, 0.3) is 0 Å². The summed E-state index contributed by atoms with van der Waals surface area (Å²) in [6.45, 7) is 2.07. The molecule has 1 fully saturated rings. The van der Waals surface area contributed by atoms with E-state index in [9.17, 15) is 4.79 Å². The van der Waals surface area contributed by atoms with E-state index in [1.165, 1.54) is 23.4 Å². The number of hydrogen-bond donors (Lipinski definition) is 2. The molecule has 0 bridgehead atoms. The number of pyridine rings is 1. The lowest BCUT2D eigenvalue weighted by Gasteiger charge is -2.21. The molecule has 0 aliphatic carbocycles. The molecule has 1 aliphatic heterocycles. The number of nitrogens with zero attached hydrogens (tertiary/aromatic N) is 3. The van der Waals surface area contributed by atoms with Crippen molar-refractivity contribution in [2.45, 2.75) is 19.3 Å². The van der Waals surface area contributed by atoms with Crippen molar-refractivity contribution in [3.8, 4) is 0 Å². The Morgan fingerprint density at radius 3 is 3.16 bits per heavy atom. The second-order valence-corrected chi connectivity index (χ2v) is 4.93. The van der Waals surface area contributed by atoms with Gasteiger partial charge in [0, 0.05) is 6.42 Å². The van der Waals surface area contributed by atoms with Crippen molar-refractivity contribution in [1.82, 2.24) is 19.9 Å². The number of carboxylic acid groups (broad SMARTS) is 1. The largest absolute Gasteiger partial charge is 0.477 e. The summed E-state index contributed by atoms with van der Waals surface area (Å²) in [5.74, 6) is 0.281. The van der Waals surface area contributed by atoms with Crippen LogP contribution in [-0.2, 0) is 6.42 Å². The van der Waals surface area contributed by atoms with E-state index in [0.29, 0.717) is 11.6 Å². The van der Waals surface area contributed by atoms with Crippen LogP contribution in [0.1, 0.15) is 29.2 Å². The minimum Gasteiger partial charge on any atom is -0.477 e. The van der Waals surface area contributed by atoms with Gasteiger partial charge < -0.3 is 10.4 Å². The molecule has 2 aromatic rings. The van der Waals surface area contributed by atoms with E-state index in [4.69, 9.17) is 5.11 Å². The smallest absolute Gasteiger partial charge is 0.354 e. The van der Waals surface area contributed by atoms with Gasteiger partial charge in [-0.3, -0.25) is 0 Å². The SMILES string of the molecule is O=C(O)c1cccc2nc(CC3CCCNC3)nn12. The Kier molecular flexibility index (Phi) is 3.16. The van der Waals surface area contributed by atoms with Gasteiger partial charge in [0.1, 0.15) is 0 Å². The Morgan fingerprint density at radius 2 is 2.42 bits per heavy atom. The molecular formula is C13H16N4O2. The molecule has 1 atom stereocenters. The fourth-order valence-electron chi connectivity index (χ4n) is 2.55. The Bertz CT molecular complexity index is 602. The fraction of sp³-hybridized carbons (Fsp3) is 0.462. The van der Waals surface area contributed by atoms with Gasteiger partial charge in [0.05, 0.1) is 0 Å². The highest BCUT2D eigenvalue weighted by molar-refractivity contribution is 5.86. The number of rotatable bonds is 3. The van der Waals surface area contributed by atoms with Crippen molar-refractivity contribution < 1.29 is 9.90 Å². The van der Waals surface area contributed by atoms with Gasteiger partial charge in [0.15, 0.2) is 17.2 Å². The van der Waals surface area contributed by atoms with Crippen LogP contribution in [0.15, 0.2) is 18.2 Å². The van der Waals surface area contributed by atoms with Crippen molar-refractivity contribution >= 4 is 11.6 Å². The van der Waals surface area contributed by atoms with E-state index in [1.54, 1.807) is 12.1 Å². The third-order valence-electron chi connectivity index (χ3n) is 3.49. The second kappa shape index (κ2) is 4.97. The van der Waals surface area contributed by atoms with Crippen LogP contribution in [0, 0.1) is 5.92 Å². The Morgan fingerprint density at radius 1 is 1.53 bits per heavy atom. The minimum atomic E-state index is -0.985. The number of carboxylic acids is 1. The van der Waals surface area contributed by atoms with E-state index in [1.807, 2.05) is 0 Å².